The standard InChI is InChI=1S/C28H27F2N9O3/c1-15(2)39-16(3)35-25-20(29)9-17(10-22(25)39)24-21(30)14-32-27(37-24)36-23-6-5-19(13-31-23)42-8-7-38(4)28-33-11-18(12-34-28)26(40)41/h5-6,9-15H,7-8H2,1-4H3,(H,40,41)(H,31,32,36,37). The predicted molar refractivity (Wildman–Crippen MR) is 151 cm³/mol. The maximum absolute atomic E-state index is 15.0. The van der Waals surface area contributed by atoms with Crippen LogP contribution >= 0.6 is 0 Å². The zero-order chi connectivity index (χ0) is 30.0. The summed E-state index contributed by atoms with van der Waals surface area (Å²) in [5, 5.41) is 11.9. The number of carbonyl (C=O) groups is 1. The van der Waals surface area contributed by atoms with E-state index < -0.39 is 17.6 Å². The number of nitrogens with zero attached hydrogens (tertiary/aromatic N) is 8. The number of imidazole rings is 1. The van der Waals surface area contributed by atoms with Crippen LogP contribution in [0.4, 0.5) is 26.5 Å². The minimum atomic E-state index is -1.09. The lowest BCUT2D eigenvalue weighted by atomic mass is 10.1. The molecule has 5 rings (SSSR count). The molecule has 0 radical (unpaired) electrons. The van der Waals surface area contributed by atoms with Gasteiger partial charge in [-0.3, -0.25) is 0 Å². The van der Waals surface area contributed by atoms with Gasteiger partial charge in [0.2, 0.25) is 11.9 Å². The molecule has 14 heteroatoms. The molecule has 42 heavy (non-hydrogen) atoms. The van der Waals surface area contributed by atoms with Gasteiger partial charge >= 0.3 is 5.97 Å². The van der Waals surface area contributed by atoms with E-state index in [0.717, 1.165) is 6.20 Å². The second-order valence-electron chi connectivity index (χ2n) is 9.69. The summed E-state index contributed by atoms with van der Waals surface area (Å²) in [5.41, 5.74) is 0.976. The van der Waals surface area contributed by atoms with Crippen LogP contribution in [-0.2, 0) is 0 Å². The molecule has 0 saturated carbocycles. The van der Waals surface area contributed by atoms with Gasteiger partial charge in [-0.2, -0.15) is 0 Å². The Hall–Kier alpha value is -5.27. The van der Waals surface area contributed by atoms with Crippen molar-refractivity contribution in [2.75, 3.05) is 30.4 Å². The Morgan fingerprint density at radius 3 is 2.48 bits per heavy atom. The summed E-state index contributed by atoms with van der Waals surface area (Å²) >= 11 is 0. The summed E-state index contributed by atoms with van der Waals surface area (Å²) in [6, 6.07) is 6.26. The third kappa shape index (κ3) is 5.92. The Labute approximate surface area is 239 Å². The smallest absolute Gasteiger partial charge is 0.338 e. The third-order valence-electron chi connectivity index (χ3n) is 6.36. The molecule has 0 aliphatic rings. The number of carboxylic acids is 1. The Bertz CT molecular complexity index is 1740. The fraction of sp³-hybridized carbons (Fsp3) is 0.250. The minimum Gasteiger partial charge on any atom is -0.490 e. The van der Waals surface area contributed by atoms with Crippen molar-refractivity contribution in [3.8, 4) is 17.0 Å². The van der Waals surface area contributed by atoms with Crippen LogP contribution in [0.1, 0.15) is 36.1 Å². The first kappa shape index (κ1) is 28.3. The van der Waals surface area contributed by atoms with Gasteiger partial charge in [0.1, 0.15) is 35.2 Å². The lowest BCUT2D eigenvalue weighted by molar-refractivity contribution is 0.0696. The van der Waals surface area contributed by atoms with Crippen LogP contribution in [0.25, 0.3) is 22.3 Å². The van der Waals surface area contributed by atoms with E-state index >= 15 is 0 Å². The zero-order valence-electron chi connectivity index (χ0n) is 23.2. The quantitative estimate of drug-likeness (QED) is 0.237. The monoisotopic (exact) mass is 575 g/mol. The SMILES string of the molecule is Cc1nc2c(F)cc(-c3nc(Nc4ccc(OCCN(C)c5ncc(C(=O)O)cn5)cn4)ncc3F)cc2n1C(C)C. The summed E-state index contributed by atoms with van der Waals surface area (Å²) < 4.78 is 37.4. The number of hydrogen-bond acceptors (Lipinski definition) is 10. The summed E-state index contributed by atoms with van der Waals surface area (Å²) in [5.74, 6) is -0.366. The molecule has 12 nitrogen and oxygen atoms in total. The number of aromatic nitrogens is 7. The number of likely N-dealkylation sites (N-methyl/N-ethyl adjacent to an activating group) is 1. The first-order chi connectivity index (χ1) is 20.1. The lowest BCUT2D eigenvalue weighted by Gasteiger charge is -2.17. The molecule has 1 aromatic carbocycles. The number of halogens is 2. The second kappa shape index (κ2) is 11.7. The van der Waals surface area contributed by atoms with E-state index in [2.05, 4.69) is 35.2 Å². The number of hydrogen-bond donors (Lipinski definition) is 2. The molecule has 0 unspecified atom stereocenters. The Balaban J connectivity index is 1.25. The van der Waals surface area contributed by atoms with Gasteiger partial charge in [-0.1, -0.05) is 0 Å². The second-order valence-corrected chi connectivity index (χ2v) is 9.69. The molecule has 2 N–H and O–H groups in total. The molecule has 216 valence electrons. The predicted octanol–water partition coefficient (Wildman–Crippen LogP) is 4.80. The van der Waals surface area contributed by atoms with E-state index in [1.165, 1.54) is 24.7 Å². The highest BCUT2D eigenvalue weighted by Crippen LogP contribution is 2.30. The fourth-order valence-electron chi connectivity index (χ4n) is 4.37. The molecule has 0 aliphatic carbocycles. The third-order valence-corrected chi connectivity index (χ3v) is 6.36. The van der Waals surface area contributed by atoms with E-state index in [1.807, 2.05) is 18.4 Å². The summed E-state index contributed by atoms with van der Waals surface area (Å²) in [4.78, 5) is 37.6. The van der Waals surface area contributed by atoms with Gasteiger partial charge in [0.25, 0.3) is 0 Å². The minimum absolute atomic E-state index is 0.00529. The number of pyridine rings is 1. The van der Waals surface area contributed by atoms with E-state index in [9.17, 15) is 13.6 Å². The van der Waals surface area contributed by atoms with Crippen molar-refractivity contribution in [3.63, 3.8) is 0 Å². The molecule has 4 heterocycles. The van der Waals surface area contributed by atoms with E-state index in [0.29, 0.717) is 35.4 Å². The molecular weight excluding hydrogens is 548 g/mol. The van der Waals surface area contributed by atoms with Crippen LogP contribution in [-0.4, -0.2) is 65.7 Å². The fourth-order valence-corrected chi connectivity index (χ4v) is 4.37. The van der Waals surface area contributed by atoms with Crippen molar-refractivity contribution in [1.82, 2.24) is 34.5 Å². The summed E-state index contributed by atoms with van der Waals surface area (Å²) in [6.45, 7) is 6.45. The van der Waals surface area contributed by atoms with Gasteiger partial charge in [-0.15, -0.1) is 0 Å². The van der Waals surface area contributed by atoms with Crippen LogP contribution in [0.15, 0.2) is 49.1 Å². The molecule has 0 aliphatic heterocycles. The molecular formula is C28H27F2N9O3. The highest BCUT2D eigenvalue weighted by molar-refractivity contribution is 5.86. The van der Waals surface area contributed by atoms with E-state index in [-0.39, 0.29) is 40.9 Å². The molecule has 0 saturated heterocycles. The average Bonchev–Trinajstić information content (AvgIpc) is 3.31. The topological polar surface area (TPSA) is 144 Å². The molecule has 0 atom stereocenters. The van der Waals surface area contributed by atoms with Crippen LogP contribution in [0, 0.1) is 18.6 Å². The van der Waals surface area contributed by atoms with Gasteiger partial charge in [-0.05, 0) is 45.0 Å². The van der Waals surface area contributed by atoms with Gasteiger partial charge in [-0.25, -0.2) is 43.5 Å². The van der Waals surface area contributed by atoms with Crippen molar-refractivity contribution in [3.05, 3.63) is 72.1 Å². The Kier molecular flexibility index (Phi) is 7.86. The van der Waals surface area contributed by atoms with Crippen molar-refractivity contribution >= 4 is 34.7 Å². The number of nitrogens with one attached hydrogen (secondary N) is 1. The number of ether oxygens (including phenoxy) is 1. The maximum Gasteiger partial charge on any atom is 0.338 e. The van der Waals surface area contributed by atoms with Crippen molar-refractivity contribution < 1.29 is 23.4 Å². The first-order valence-electron chi connectivity index (χ1n) is 12.9. The molecule has 0 amide bonds. The zero-order valence-corrected chi connectivity index (χ0v) is 23.2. The van der Waals surface area contributed by atoms with Crippen LogP contribution in [0.3, 0.4) is 0 Å². The van der Waals surface area contributed by atoms with Crippen molar-refractivity contribution in [2.24, 2.45) is 0 Å². The first-order valence-corrected chi connectivity index (χ1v) is 12.9. The molecule has 0 bridgehead atoms. The van der Waals surface area contributed by atoms with Crippen LogP contribution < -0.4 is 15.0 Å². The van der Waals surface area contributed by atoms with Crippen molar-refractivity contribution in [2.45, 2.75) is 26.8 Å². The van der Waals surface area contributed by atoms with E-state index in [1.54, 1.807) is 37.1 Å². The number of carboxylic acid groups (broad SMARTS) is 1. The van der Waals surface area contributed by atoms with Crippen molar-refractivity contribution in [1.29, 1.82) is 0 Å². The molecule has 5 aromatic rings. The van der Waals surface area contributed by atoms with Gasteiger partial charge < -0.3 is 24.6 Å². The number of benzene rings is 1. The average molecular weight is 576 g/mol. The summed E-state index contributed by atoms with van der Waals surface area (Å²) in [6.07, 6.45) is 5.01. The molecule has 4 aromatic heterocycles. The number of aryl methyl sites for hydroxylation is 1. The number of fused-ring (bicyclic) bond motifs is 1. The van der Waals surface area contributed by atoms with Gasteiger partial charge in [0, 0.05) is 31.0 Å². The Morgan fingerprint density at radius 1 is 1.05 bits per heavy atom. The highest BCUT2D eigenvalue weighted by atomic mass is 19.1. The van der Waals surface area contributed by atoms with Gasteiger partial charge in [0.15, 0.2) is 11.6 Å². The summed E-state index contributed by atoms with van der Waals surface area (Å²) in [7, 11) is 1.76. The number of anilines is 3. The molecule has 0 fully saturated rings. The molecule has 0 spiro atoms. The number of rotatable bonds is 10. The number of aromatic carboxylic acids is 1. The largest absolute Gasteiger partial charge is 0.490 e. The van der Waals surface area contributed by atoms with E-state index in [4.69, 9.17) is 9.84 Å². The Morgan fingerprint density at radius 2 is 1.81 bits per heavy atom. The lowest BCUT2D eigenvalue weighted by Crippen LogP contribution is -2.25. The van der Waals surface area contributed by atoms with Gasteiger partial charge in [0.05, 0.1) is 30.0 Å². The normalized spacial score (nSPS) is 11.2. The maximum atomic E-state index is 15.0. The van der Waals surface area contributed by atoms with Crippen LogP contribution in [0.5, 0.6) is 5.75 Å². The van der Waals surface area contributed by atoms with Crippen LogP contribution in [0.2, 0.25) is 0 Å². The highest BCUT2D eigenvalue weighted by Gasteiger charge is 2.18.